The molecule has 0 atom stereocenters. The van der Waals surface area contributed by atoms with Gasteiger partial charge in [0.05, 0.1) is 0 Å². The Balaban J connectivity index is -0.0000000101. The van der Waals surface area contributed by atoms with Crippen LogP contribution in [0.5, 0.6) is 0 Å². The van der Waals surface area contributed by atoms with E-state index >= 15 is 0 Å². The molecule has 2 nitrogen and oxygen atoms in total. The molecule has 0 amide bonds. The van der Waals surface area contributed by atoms with Crippen LogP contribution >= 0.6 is 0 Å². The van der Waals surface area contributed by atoms with Crippen molar-refractivity contribution >= 4 is 0 Å². The van der Waals surface area contributed by atoms with Crippen LogP contribution in [0.25, 0.3) is 0 Å². The molecule has 1 aliphatic rings. The molecule has 1 heterocycles. The number of hydrogen-bond donors (Lipinski definition) is 1. The largest absolute Gasteiger partial charge is 0.317 e. The van der Waals surface area contributed by atoms with Gasteiger partial charge in [-0.3, -0.25) is 0 Å². The van der Waals surface area contributed by atoms with Crippen molar-refractivity contribution in [2.75, 3.05) is 27.2 Å². The van der Waals surface area contributed by atoms with Gasteiger partial charge in [-0.2, -0.15) is 0 Å². The van der Waals surface area contributed by atoms with E-state index in [0.29, 0.717) is 0 Å². The van der Waals surface area contributed by atoms with Gasteiger partial charge in [-0.05, 0) is 40.0 Å². The maximum atomic E-state index is 3.30. The molecule has 0 saturated carbocycles. The van der Waals surface area contributed by atoms with Gasteiger partial charge in [0.1, 0.15) is 0 Å². The van der Waals surface area contributed by atoms with E-state index in [4.69, 9.17) is 0 Å². The molecule has 10 radical (unpaired) electrons. The van der Waals surface area contributed by atoms with Gasteiger partial charge >= 0.3 is 0 Å². The van der Waals surface area contributed by atoms with Crippen LogP contribution < -0.4 is 5.32 Å². The van der Waals surface area contributed by atoms with Crippen LogP contribution in [0.15, 0.2) is 0 Å². The molecule has 0 aromatic heterocycles. The predicted octanol–water partition coefficient (Wildman–Crippen LogP) is 0.275. The molecular weight excluding hydrogens is 1000 g/mol. The van der Waals surface area contributed by atoms with Gasteiger partial charge in [0.15, 0.2) is 0 Å². The maximum Gasteiger partial charge on any atom is 0.00884 e. The summed E-state index contributed by atoms with van der Waals surface area (Å²) in [5, 5.41) is 3.30. The Bertz CT molecular complexity index is 93.9. The van der Waals surface area contributed by atoms with Crippen LogP contribution in [0.3, 0.4) is 0 Å². The van der Waals surface area contributed by atoms with Crippen molar-refractivity contribution in [3.63, 3.8) is 0 Å². The molecule has 1 rings (SSSR count). The molecule has 0 aromatic rings. The summed E-state index contributed by atoms with van der Waals surface area (Å²) in [7, 11) is 4.24. The van der Waals surface area contributed by atoms with Crippen LogP contribution in [-0.2, 0) is 327 Å². The van der Waals surface area contributed by atoms with Gasteiger partial charge in [-0.1, -0.05) is 0 Å². The minimum atomic E-state index is 0. The van der Waals surface area contributed by atoms with E-state index in [1.807, 2.05) is 0 Å². The van der Waals surface area contributed by atoms with E-state index in [9.17, 15) is 0 Å². The van der Waals surface area contributed by atoms with Gasteiger partial charge in [0.2, 0.25) is 0 Å². The minimum Gasteiger partial charge on any atom is -0.317 e. The quantitative estimate of drug-likeness (QED) is 0.407. The number of piperidine rings is 1. The normalized spacial score (nSPS) is 11.7. The fourth-order valence-corrected chi connectivity index (χ4v) is 1.30. The molecule has 0 spiro atoms. The van der Waals surface area contributed by atoms with Crippen molar-refractivity contribution in [2.45, 2.75) is 18.9 Å². The summed E-state index contributed by atoms with van der Waals surface area (Å²) in [6.45, 7) is 2.51. The van der Waals surface area contributed by atoms with Crippen LogP contribution in [0.4, 0.5) is 0 Å². The summed E-state index contributed by atoms with van der Waals surface area (Å²) < 4.78 is 0. The van der Waals surface area contributed by atoms with E-state index in [1.54, 1.807) is 0 Å². The van der Waals surface area contributed by atoms with Crippen LogP contribution in [0, 0.1) is 0 Å². The van der Waals surface area contributed by atoms with Crippen molar-refractivity contribution in [3.8, 4) is 0 Å². The average Bonchev–Trinajstić information content (AvgIpc) is 1.90. The molecule has 12 heteroatoms. The Labute approximate surface area is 371 Å². The topological polar surface area (TPSA) is 15.3 Å². The third-order valence-electron chi connectivity index (χ3n) is 2.13. The van der Waals surface area contributed by atoms with Crippen molar-refractivity contribution in [1.82, 2.24) is 10.2 Å². The van der Waals surface area contributed by atoms with E-state index < -0.39 is 0 Å². The zero-order valence-electron chi connectivity index (χ0n) is 12.1. The molecule has 1 N–H and O–H groups in total. The summed E-state index contributed by atoms with van der Waals surface area (Å²) >= 11 is 0. The summed E-state index contributed by atoms with van der Waals surface area (Å²) in [6, 6.07) is 0.779. The van der Waals surface area contributed by atoms with E-state index in [1.165, 1.54) is 25.9 Å². The summed E-state index contributed by atoms with van der Waals surface area (Å²) in [4.78, 5) is 2.38. The fourth-order valence-electron chi connectivity index (χ4n) is 1.30. The Morgan fingerprint density at radius 1 is 0.684 bits per heavy atom. The third kappa shape index (κ3) is 39.9. The summed E-state index contributed by atoms with van der Waals surface area (Å²) in [6.07, 6.45) is 2.62. The molecular formula is C7H16N2Y10. The Morgan fingerprint density at radius 2 is 0.947 bits per heavy atom. The van der Waals surface area contributed by atoms with E-state index in [2.05, 4.69) is 24.3 Å². The molecule has 1 aliphatic heterocycles. The van der Waals surface area contributed by atoms with Gasteiger partial charge in [-0.25, -0.2) is 0 Å². The van der Waals surface area contributed by atoms with Crippen molar-refractivity contribution in [3.05, 3.63) is 0 Å². The van der Waals surface area contributed by atoms with Crippen LogP contribution in [-0.4, -0.2) is 38.1 Å². The van der Waals surface area contributed by atoms with Gasteiger partial charge in [0.25, 0.3) is 0 Å². The standard InChI is InChI=1S/C7H16N2.10Y/c1-8-7-3-5-9(2)6-4-7;;;;;;;;;;/h7-8H,3-6H2,1-2H3;;;;;;;;;;. The zero-order valence-corrected chi connectivity index (χ0v) is 40.5. The number of hydrogen-bond acceptors (Lipinski definition) is 2. The average molecular weight is 1020 g/mol. The van der Waals surface area contributed by atoms with Crippen molar-refractivity contribution in [2.24, 2.45) is 0 Å². The minimum absolute atomic E-state index is 0. The first-order valence-corrected chi connectivity index (χ1v) is 3.68. The number of nitrogens with zero attached hydrogens (tertiary/aromatic N) is 1. The zero-order chi connectivity index (χ0) is 6.69. The monoisotopic (exact) mass is 1020 g/mol. The Morgan fingerprint density at radius 3 is 1.16 bits per heavy atom. The number of rotatable bonds is 1. The van der Waals surface area contributed by atoms with E-state index in [-0.39, 0.29) is 327 Å². The first-order chi connectivity index (χ1) is 4.33. The maximum absolute atomic E-state index is 3.30. The van der Waals surface area contributed by atoms with Crippen molar-refractivity contribution < 1.29 is 327 Å². The molecule has 19 heavy (non-hydrogen) atoms. The summed E-state index contributed by atoms with van der Waals surface area (Å²) in [5.74, 6) is 0. The second-order valence-corrected chi connectivity index (χ2v) is 2.87. The fraction of sp³-hybridized carbons (Fsp3) is 1.00. The van der Waals surface area contributed by atoms with E-state index in [0.717, 1.165) is 6.04 Å². The smallest absolute Gasteiger partial charge is 0.00884 e. The van der Waals surface area contributed by atoms with Crippen molar-refractivity contribution in [1.29, 1.82) is 0 Å². The SMILES string of the molecule is CNC1CCN(C)CC1.[Y].[Y].[Y].[Y].[Y].[Y].[Y].[Y].[Y].[Y]. The second kappa shape index (κ2) is 46.9. The Hall–Kier alpha value is 11.0. The van der Waals surface area contributed by atoms with Crippen LogP contribution in [0.2, 0.25) is 0 Å². The molecule has 0 aromatic carbocycles. The molecule has 84 valence electrons. The molecule has 0 aliphatic carbocycles. The molecule has 1 saturated heterocycles. The Kier molecular flexibility index (Phi) is 156. The van der Waals surface area contributed by atoms with Gasteiger partial charge in [-0.15, -0.1) is 0 Å². The first kappa shape index (κ1) is 63.1. The third-order valence-corrected chi connectivity index (χ3v) is 2.13. The molecule has 0 unspecified atom stereocenters. The summed E-state index contributed by atoms with van der Waals surface area (Å²) in [5.41, 5.74) is 0. The van der Waals surface area contributed by atoms with Gasteiger partial charge in [0, 0.05) is 333 Å². The molecule has 1 fully saturated rings. The predicted molar refractivity (Wildman–Crippen MR) is 39.6 cm³/mol. The van der Waals surface area contributed by atoms with Gasteiger partial charge < -0.3 is 10.2 Å². The number of likely N-dealkylation sites (tertiary alicyclic amines) is 1. The number of nitrogens with one attached hydrogen (secondary N) is 1. The first-order valence-electron chi connectivity index (χ1n) is 3.68. The van der Waals surface area contributed by atoms with Crippen LogP contribution in [0.1, 0.15) is 12.8 Å². The molecule has 0 bridgehead atoms. The second-order valence-electron chi connectivity index (χ2n) is 2.87.